The Morgan fingerprint density at radius 1 is 1.50 bits per heavy atom. The molecule has 1 aromatic carbocycles. The molecule has 1 amide bonds. The van der Waals surface area contributed by atoms with E-state index in [1.54, 1.807) is 31.2 Å². The number of carbonyl (C=O) groups excluding carboxylic acids is 1. The van der Waals surface area contributed by atoms with Gasteiger partial charge >= 0.3 is 0 Å². The zero-order valence-corrected chi connectivity index (χ0v) is 12.1. The van der Waals surface area contributed by atoms with Gasteiger partial charge in [0, 0.05) is 5.02 Å². The van der Waals surface area contributed by atoms with Gasteiger partial charge in [-0.3, -0.25) is 10.1 Å². The molecule has 2 unspecified atom stereocenters. The molecule has 0 aromatic heterocycles. The lowest BCUT2D eigenvalue weighted by atomic mass is 9.99. The van der Waals surface area contributed by atoms with E-state index in [0.29, 0.717) is 17.0 Å². The fraction of sp³-hybridized carbons (Fsp3) is 0.500. The Hall–Kier alpha value is -1.20. The maximum absolute atomic E-state index is 12.7. The number of halogens is 3. The van der Waals surface area contributed by atoms with Gasteiger partial charge in [-0.1, -0.05) is 30.7 Å². The van der Waals surface area contributed by atoms with E-state index in [9.17, 15) is 13.6 Å². The van der Waals surface area contributed by atoms with Gasteiger partial charge in [-0.05, 0) is 31.0 Å². The number of carbonyl (C=O) groups is 1. The number of alkyl halides is 2. The molecule has 3 nitrogen and oxygen atoms in total. The molecule has 0 spiro atoms. The molecular weight excluding hydrogens is 286 g/mol. The second kappa shape index (κ2) is 5.66. The Morgan fingerprint density at radius 2 is 2.20 bits per heavy atom. The molecule has 6 heteroatoms. The largest absolute Gasteiger partial charge is 0.316 e. The zero-order chi connectivity index (χ0) is 14.9. The van der Waals surface area contributed by atoms with E-state index in [2.05, 4.69) is 5.32 Å². The highest BCUT2D eigenvalue weighted by Crippen LogP contribution is 2.33. The van der Waals surface area contributed by atoms with Crippen LogP contribution in [-0.2, 0) is 4.79 Å². The van der Waals surface area contributed by atoms with Crippen molar-refractivity contribution in [3.8, 4) is 0 Å². The molecule has 1 saturated heterocycles. The van der Waals surface area contributed by atoms with Crippen LogP contribution in [0.5, 0.6) is 0 Å². The van der Waals surface area contributed by atoms with E-state index >= 15 is 0 Å². The van der Waals surface area contributed by atoms with Crippen molar-refractivity contribution >= 4 is 17.5 Å². The lowest BCUT2D eigenvalue weighted by Crippen LogP contribution is -2.43. The lowest BCUT2D eigenvalue weighted by molar-refractivity contribution is -0.134. The maximum Gasteiger partial charge on any atom is 0.255 e. The molecule has 0 saturated carbocycles. The van der Waals surface area contributed by atoms with E-state index in [1.165, 1.54) is 4.90 Å². The number of rotatable bonds is 4. The lowest BCUT2D eigenvalue weighted by Gasteiger charge is -2.24. The highest BCUT2D eigenvalue weighted by molar-refractivity contribution is 6.30. The fourth-order valence-corrected chi connectivity index (χ4v) is 2.60. The van der Waals surface area contributed by atoms with Gasteiger partial charge in [0.25, 0.3) is 6.43 Å². The normalized spacial score (nSPS) is 26.6. The first-order valence-corrected chi connectivity index (χ1v) is 6.87. The summed E-state index contributed by atoms with van der Waals surface area (Å²) in [4.78, 5) is 13.6. The van der Waals surface area contributed by atoms with Crippen molar-refractivity contribution in [1.82, 2.24) is 10.2 Å². The van der Waals surface area contributed by atoms with Gasteiger partial charge in [0.1, 0.15) is 6.17 Å². The number of amides is 1. The molecule has 1 aromatic rings. The van der Waals surface area contributed by atoms with Crippen molar-refractivity contribution in [2.75, 3.05) is 6.54 Å². The second-order valence-corrected chi connectivity index (χ2v) is 5.57. The molecule has 20 heavy (non-hydrogen) atoms. The summed E-state index contributed by atoms with van der Waals surface area (Å²) in [5, 5.41) is 3.66. The van der Waals surface area contributed by atoms with Crippen molar-refractivity contribution in [1.29, 1.82) is 0 Å². The van der Waals surface area contributed by atoms with Gasteiger partial charge in [-0.25, -0.2) is 8.78 Å². The average Bonchev–Trinajstić information content (AvgIpc) is 2.64. The fourth-order valence-electron chi connectivity index (χ4n) is 2.41. The molecular formula is C14H17ClF2N2O. The van der Waals surface area contributed by atoms with Crippen LogP contribution in [0.3, 0.4) is 0 Å². The second-order valence-electron chi connectivity index (χ2n) is 5.14. The van der Waals surface area contributed by atoms with Gasteiger partial charge in [0.2, 0.25) is 5.91 Å². The Labute approximate surface area is 121 Å². The van der Waals surface area contributed by atoms with Crippen LogP contribution in [0.2, 0.25) is 5.02 Å². The van der Waals surface area contributed by atoms with E-state index in [-0.39, 0.29) is 5.91 Å². The molecule has 0 radical (unpaired) electrons. The number of nitrogens with one attached hydrogen (secondary N) is 1. The van der Waals surface area contributed by atoms with Gasteiger partial charge in [0.15, 0.2) is 0 Å². The molecule has 1 N–H and O–H groups in total. The summed E-state index contributed by atoms with van der Waals surface area (Å²) in [5.74, 6) is -0.301. The van der Waals surface area contributed by atoms with Crippen molar-refractivity contribution < 1.29 is 13.6 Å². The van der Waals surface area contributed by atoms with Crippen LogP contribution in [0.25, 0.3) is 0 Å². The molecule has 2 atom stereocenters. The molecule has 1 heterocycles. The summed E-state index contributed by atoms with van der Waals surface area (Å²) in [7, 11) is 0. The zero-order valence-electron chi connectivity index (χ0n) is 11.4. The summed E-state index contributed by atoms with van der Waals surface area (Å²) in [6, 6.07) is 6.91. The van der Waals surface area contributed by atoms with E-state index in [1.807, 2.05) is 6.92 Å². The molecule has 1 aliphatic heterocycles. The first-order valence-electron chi connectivity index (χ1n) is 6.50. The minimum atomic E-state index is -2.57. The van der Waals surface area contributed by atoms with Gasteiger partial charge in [0.05, 0.1) is 12.1 Å². The molecule has 0 aliphatic carbocycles. The average molecular weight is 303 g/mol. The van der Waals surface area contributed by atoms with Crippen molar-refractivity contribution in [3.63, 3.8) is 0 Å². The van der Waals surface area contributed by atoms with Crippen molar-refractivity contribution in [2.45, 2.75) is 38.4 Å². The van der Waals surface area contributed by atoms with Crippen LogP contribution in [-0.4, -0.2) is 29.3 Å². The van der Waals surface area contributed by atoms with Crippen molar-refractivity contribution in [2.24, 2.45) is 0 Å². The maximum atomic E-state index is 12.7. The summed E-state index contributed by atoms with van der Waals surface area (Å²) in [6.07, 6.45) is -2.61. The monoisotopic (exact) mass is 302 g/mol. The standard InChI is InChI=1S/C14H17ClF2N2O/c1-3-14(2)13(20)19(8-11(16)17)12(18-14)9-5-4-6-10(15)7-9/h4-7,11-12,18H,3,8H2,1-2H3. The molecule has 110 valence electrons. The van der Waals surface area contributed by atoms with E-state index in [4.69, 9.17) is 11.6 Å². The Balaban J connectivity index is 2.36. The third kappa shape index (κ3) is 2.79. The van der Waals surface area contributed by atoms with E-state index < -0.39 is 24.7 Å². The number of hydrogen-bond acceptors (Lipinski definition) is 2. The summed E-state index contributed by atoms with van der Waals surface area (Å²) in [5.41, 5.74) is -0.106. The Morgan fingerprint density at radius 3 is 2.75 bits per heavy atom. The van der Waals surface area contributed by atoms with Crippen LogP contribution in [0.1, 0.15) is 32.0 Å². The first-order chi connectivity index (χ1) is 9.37. The van der Waals surface area contributed by atoms with Gasteiger partial charge in [-0.15, -0.1) is 0 Å². The van der Waals surface area contributed by atoms with Crippen LogP contribution < -0.4 is 5.32 Å². The van der Waals surface area contributed by atoms with Crippen LogP contribution in [0, 0.1) is 0 Å². The third-order valence-electron chi connectivity index (χ3n) is 3.71. The SMILES string of the molecule is CCC1(C)NC(c2cccc(Cl)c2)N(CC(F)F)C1=O. The van der Waals surface area contributed by atoms with Crippen LogP contribution >= 0.6 is 11.6 Å². The highest BCUT2D eigenvalue weighted by atomic mass is 35.5. The van der Waals surface area contributed by atoms with Crippen LogP contribution in [0.15, 0.2) is 24.3 Å². The molecule has 1 aliphatic rings. The van der Waals surface area contributed by atoms with Crippen molar-refractivity contribution in [3.05, 3.63) is 34.9 Å². The quantitative estimate of drug-likeness (QED) is 0.926. The topological polar surface area (TPSA) is 32.3 Å². The molecule has 2 rings (SSSR count). The van der Waals surface area contributed by atoms with Gasteiger partial charge < -0.3 is 4.90 Å². The predicted octanol–water partition coefficient (Wildman–Crippen LogP) is 3.20. The van der Waals surface area contributed by atoms with Crippen LogP contribution in [0.4, 0.5) is 8.78 Å². The third-order valence-corrected chi connectivity index (χ3v) is 3.94. The number of hydrogen-bond donors (Lipinski definition) is 1. The predicted molar refractivity (Wildman–Crippen MR) is 73.7 cm³/mol. The Bertz CT molecular complexity index is 512. The number of nitrogens with zero attached hydrogens (tertiary/aromatic N) is 1. The first kappa shape index (κ1) is 15.2. The number of benzene rings is 1. The minimum Gasteiger partial charge on any atom is -0.316 e. The minimum absolute atomic E-state index is 0.301. The summed E-state index contributed by atoms with van der Waals surface area (Å²) in [6.45, 7) is 3.00. The summed E-state index contributed by atoms with van der Waals surface area (Å²) >= 11 is 5.94. The molecule has 1 fully saturated rings. The smallest absolute Gasteiger partial charge is 0.255 e. The van der Waals surface area contributed by atoms with E-state index in [0.717, 1.165) is 0 Å². The Kier molecular flexibility index (Phi) is 4.30. The highest BCUT2D eigenvalue weighted by Gasteiger charge is 2.47. The summed E-state index contributed by atoms with van der Waals surface area (Å²) < 4.78 is 25.5. The molecule has 0 bridgehead atoms. The van der Waals surface area contributed by atoms with Gasteiger partial charge in [-0.2, -0.15) is 0 Å².